The normalized spacial score (nSPS) is 17.2. The molecule has 1 aliphatic rings. The number of carbonyl (C=O) groups is 3. The number of carbonyl (C=O) groups excluding carboxylic acids is 3. The number of hydrogen-bond donors (Lipinski definition) is 1. The Morgan fingerprint density at radius 1 is 0.897 bits per heavy atom. The SMILES string of the molecule is CN1CCN(C(=O)C[C@H](N)Cc2ccccc2F)[C@H](Cc2ccccc2)C1.O=C(C(=O)C(F)(F)F)C(F)(F)F. The molecule has 0 saturated carbocycles. The fourth-order valence-corrected chi connectivity index (χ4v) is 4.02. The molecular formula is C26H28F7N3O3. The molecule has 2 N–H and O–H groups in total. The monoisotopic (exact) mass is 563 g/mol. The Labute approximate surface area is 220 Å². The third kappa shape index (κ3) is 10.1. The average Bonchev–Trinajstić information content (AvgIpc) is 2.84. The van der Waals surface area contributed by atoms with Crippen molar-refractivity contribution in [3.05, 3.63) is 71.5 Å². The van der Waals surface area contributed by atoms with Crippen LogP contribution in [0.25, 0.3) is 0 Å². The number of halogens is 7. The van der Waals surface area contributed by atoms with Crippen LogP contribution >= 0.6 is 0 Å². The number of alkyl halides is 6. The Morgan fingerprint density at radius 2 is 1.44 bits per heavy atom. The van der Waals surface area contributed by atoms with E-state index in [0.717, 1.165) is 19.5 Å². The largest absolute Gasteiger partial charge is 0.458 e. The van der Waals surface area contributed by atoms with Crippen LogP contribution in [0.15, 0.2) is 54.6 Å². The smallest absolute Gasteiger partial charge is 0.337 e. The average molecular weight is 564 g/mol. The van der Waals surface area contributed by atoms with E-state index in [1.165, 1.54) is 11.6 Å². The van der Waals surface area contributed by atoms with Gasteiger partial charge in [-0.05, 0) is 37.1 Å². The van der Waals surface area contributed by atoms with Gasteiger partial charge in [0.05, 0.1) is 0 Å². The van der Waals surface area contributed by atoms with Gasteiger partial charge in [-0.1, -0.05) is 48.5 Å². The van der Waals surface area contributed by atoms with Crippen molar-refractivity contribution < 1.29 is 45.1 Å². The second kappa shape index (κ2) is 13.7. The highest BCUT2D eigenvalue weighted by atomic mass is 19.4. The molecule has 13 heteroatoms. The molecule has 2 atom stereocenters. The number of Topliss-reactive ketones (excluding diaryl/α,β-unsaturated/α-hetero) is 2. The summed E-state index contributed by atoms with van der Waals surface area (Å²) in [7, 11) is 2.09. The quantitative estimate of drug-likeness (QED) is 0.410. The van der Waals surface area contributed by atoms with Crippen LogP contribution in [0, 0.1) is 5.82 Å². The van der Waals surface area contributed by atoms with Crippen molar-refractivity contribution >= 4 is 17.5 Å². The first-order valence-electron chi connectivity index (χ1n) is 11.8. The molecular weight excluding hydrogens is 535 g/mol. The van der Waals surface area contributed by atoms with Crippen LogP contribution in [0.2, 0.25) is 0 Å². The lowest BCUT2D eigenvalue weighted by Gasteiger charge is -2.40. The Kier molecular flexibility index (Phi) is 11.2. The Bertz CT molecular complexity index is 1100. The highest BCUT2D eigenvalue weighted by Gasteiger charge is 2.54. The van der Waals surface area contributed by atoms with Gasteiger partial charge in [-0.25, -0.2) is 4.39 Å². The number of nitrogens with two attached hydrogens (primary N) is 1. The molecule has 0 aliphatic carbocycles. The lowest BCUT2D eigenvalue weighted by atomic mass is 9.99. The summed E-state index contributed by atoms with van der Waals surface area (Å²) in [4.78, 5) is 36.4. The van der Waals surface area contributed by atoms with Crippen LogP contribution in [-0.2, 0) is 27.2 Å². The van der Waals surface area contributed by atoms with Crippen LogP contribution in [0.4, 0.5) is 30.7 Å². The molecule has 0 bridgehead atoms. The first kappa shape index (κ1) is 31.9. The summed E-state index contributed by atoms with van der Waals surface area (Å²) >= 11 is 0. The van der Waals surface area contributed by atoms with E-state index in [9.17, 15) is 45.1 Å². The summed E-state index contributed by atoms with van der Waals surface area (Å²) in [5, 5.41) is 0. The summed E-state index contributed by atoms with van der Waals surface area (Å²) < 4.78 is 80.8. The predicted molar refractivity (Wildman–Crippen MR) is 128 cm³/mol. The lowest BCUT2D eigenvalue weighted by molar-refractivity contribution is -0.193. The third-order valence-electron chi connectivity index (χ3n) is 5.92. The van der Waals surface area contributed by atoms with Crippen LogP contribution in [0.5, 0.6) is 0 Å². The molecule has 3 rings (SSSR count). The molecule has 2 aromatic carbocycles. The number of hydrogen-bond acceptors (Lipinski definition) is 5. The van der Waals surface area contributed by atoms with Gasteiger partial charge in [-0.2, -0.15) is 26.3 Å². The number of nitrogens with zero attached hydrogens (tertiary/aromatic N) is 2. The minimum absolute atomic E-state index is 0.0628. The van der Waals surface area contributed by atoms with Crippen LogP contribution in [0.1, 0.15) is 17.5 Å². The van der Waals surface area contributed by atoms with Gasteiger partial charge >= 0.3 is 23.9 Å². The maximum atomic E-state index is 13.8. The molecule has 1 heterocycles. The molecule has 0 radical (unpaired) electrons. The van der Waals surface area contributed by atoms with Gasteiger partial charge < -0.3 is 15.5 Å². The minimum Gasteiger partial charge on any atom is -0.337 e. The Morgan fingerprint density at radius 3 is 1.97 bits per heavy atom. The topological polar surface area (TPSA) is 83.7 Å². The van der Waals surface area contributed by atoms with Gasteiger partial charge in [0.25, 0.3) is 0 Å². The summed E-state index contributed by atoms with van der Waals surface area (Å²) in [6, 6.07) is 16.6. The zero-order chi connectivity index (χ0) is 29.4. The number of benzene rings is 2. The van der Waals surface area contributed by atoms with Crippen molar-refractivity contribution in [2.45, 2.75) is 43.7 Å². The molecule has 1 fully saturated rings. The Balaban J connectivity index is 0.000000377. The van der Waals surface area contributed by atoms with Crippen molar-refractivity contribution in [1.29, 1.82) is 0 Å². The third-order valence-corrected chi connectivity index (χ3v) is 5.92. The first-order chi connectivity index (χ1) is 18.1. The van der Waals surface area contributed by atoms with E-state index in [1.54, 1.807) is 18.2 Å². The van der Waals surface area contributed by atoms with Crippen molar-refractivity contribution in [2.75, 3.05) is 26.7 Å². The van der Waals surface area contributed by atoms with E-state index >= 15 is 0 Å². The predicted octanol–water partition coefficient (Wildman–Crippen LogP) is 3.72. The van der Waals surface area contributed by atoms with Gasteiger partial charge in [-0.15, -0.1) is 0 Å². The molecule has 2 aromatic rings. The highest BCUT2D eigenvalue weighted by Crippen LogP contribution is 2.24. The number of amides is 1. The summed E-state index contributed by atoms with van der Waals surface area (Å²) in [6.07, 6.45) is -10.1. The van der Waals surface area contributed by atoms with Crippen LogP contribution in [-0.4, -0.2) is 78.4 Å². The zero-order valence-corrected chi connectivity index (χ0v) is 20.9. The number of rotatable bonds is 7. The molecule has 39 heavy (non-hydrogen) atoms. The molecule has 1 aliphatic heterocycles. The second-order valence-electron chi connectivity index (χ2n) is 9.11. The highest BCUT2D eigenvalue weighted by molar-refractivity contribution is 6.41. The summed E-state index contributed by atoms with van der Waals surface area (Å²) in [6.45, 7) is 2.42. The lowest BCUT2D eigenvalue weighted by Crippen LogP contribution is -2.55. The standard InChI is InChI=1S/C22H28FN3O.C4F6O2/c1-25-11-12-26(20(16-25)13-17-7-3-2-4-8-17)22(27)15-19(24)14-18-9-5-6-10-21(18)23;5-3(6,7)1(11)2(12)4(8,9)10/h2-10,19-20H,11-16,24H2,1H3;/t19-,20-;/m1./s1. The van der Waals surface area contributed by atoms with Gasteiger partial charge in [0, 0.05) is 38.1 Å². The molecule has 6 nitrogen and oxygen atoms in total. The zero-order valence-electron chi connectivity index (χ0n) is 20.9. The molecule has 0 spiro atoms. The summed E-state index contributed by atoms with van der Waals surface area (Å²) in [5.41, 5.74) is 7.98. The van der Waals surface area contributed by atoms with E-state index in [1.807, 2.05) is 23.1 Å². The van der Waals surface area contributed by atoms with Gasteiger partial charge in [0.15, 0.2) is 0 Å². The van der Waals surface area contributed by atoms with E-state index < -0.39 is 23.9 Å². The van der Waals surface area contributed by atoms with E-state index in [-0.39, 0.29) is 30.2 Å². The molecule has 0 unspecified atom stereocenters. The van der Waals surface area contributed by atoms with Crippen LogP contribution in [0.3, 0.4) is 0 Å². The van der Waals surface area contributed by atoms with Gasteiger partial charge in [0.2, 0.25) is 5.91 Å². The molecule has 0 aromatic heterocycles. The number of likely N-dealkylation sites (N-methyl/N-ethyl adjacent to an activating group) is 1. The molecule has 1 amide bonds. The fraction of sp³-hybridized carbons (Fsp3) is 0.423. The van der Waals surface area contributed by atoms with E-state index in [0.29, 0.717) is 18.5 Å². The summed E-state index contributed by atoms with van der Waals surface area (Å²) in [5.74, 6) is -7.01. The van der Waals surface area contributed by atoms with Crippen molar-refractivity contribution in [1.82, 2.24) is 9.80 Å². The fourth-order valence-electron chi connectivity index (χ4n) is 4.02. The van der Waals surface area contributed by atoms with E-state index in [4.69, 9.17) is 5.73 Å². The second-order valence-corrected chi connectivity index (χ2v) is 9.11. The van der Waals surface area contributed by atoms with Gasteiger partial charge in [0.1, 0.15) is 5.82 Å². The van der Waals surface area contributed by atoms with Crippen molar-refractivity contribution in [3.63, 3.8) is 0 Å². The first-order valence-corrected chi connectivity index (χ1v) is 11.8. The molecule has 214 valence electrons. The maximum absolute atomic E-state index is 13.8. The minimum atomic E-state index is -5.77. The van der Waals surface area contributed by atoms with Gasteiger partial charge in [-0.3, -0.25) is 14.4 Å². The molecule has 1 saturated heterocycles. The van der Waals surface area contributed by atoms with Crippen molar-refractivity contribution in [3.8, 4) is 0 Å². The van der Waals surface area contributed by atoms with E-state index in [2.05, 4.69) is 24.1 Å². The Hall–Kier alpha value is -3.32. The van der Waals surface area contributed by atoms with Crippen molar-refractivity contribution in [2.24, 2.45) is 5.73 Å². The number of piperazine rings is 1. The van der Waals surface area contributed by atoms with Crippen LogP contribution < -0.4 is 5.73 Å². The number of ketones is 2. The maximum Gasteiger partial charge on any atom is 0.458 e.